The molecule has 4 N–H and O–H groups in total. The van der Waals surface area contributed by atoms with Crippen molar-refractivity contribution >= 4 is 62.7 Å². The highest BCUT2D eigenvalue weighted by Crippen LogP contribution is 2.37. The number of imide groups is 1. The molecular formula is C25H31N7O7S2. The molecule has 0 radical (unpaired) electrons. The first-order valence-corrected chi connectivity index (χ1v) is 14.7. The van der Waals surface area contributed by atoms with Crippen LogP contribution < -0.4 is 10.6 Å². The molecule has 0 spiro atoms. The second-order valence-corrected chi connectivity index (χ2v) is 12.0. The third-order valence-corrected chi connectivity index (χ3v) is 8.99. The van der Waals surface area contributed by atoms with Crippen LogP contribution in [0.3, 0.4) is 0 Å². The Balaban J connectivity index is 1.91. The average molecular weight is 606 g/mol. The predicted molar refractivity (Wildman–Crippen MR) is 153 cm³/mol. The van der Waals surface area contributed by atoms with Crippen molar-refractivity contribution in [3.05, 3.63) is 45.8 Å². The van der Waals surface area contributed by atoms with Crippen LogP contribution in [0, 0.1) is 10.8 Å². The lowest BCUT2D eigenvalue weighted by atomic mass is 10.0. The summed E-state index contributed by atoms with van der Waals surface area (Å²) >= 11 is 1.10. The van der Waals surface area contributed by atoms with Gasteiger partial charge in [0.2, 0.25) is 10.0 Å². The molecular weight excluding hydrogens is 574 g/mol. The molecule has 1 aromatic carbocycles. The van der Waals surface area contributed by atoms with Crippen molar-refractivity contribution in [2.45, 2.75) is 24.8 Å². The molecule has 220 valence electrons. The van der Waals surface area contributed by atoms with Crippen molar-refractivity contribution < 1.29 is 32.3 Å². The van der Waals surface area contributed by atoms with Gasteiger partial charge in [-0.25, -0.2) is 18.0 Å². The lowest BCUT2D eigenvalue weighted by molar-refractivity contribution is 0.0955. The molecule has 0 bridgehead atoms. The zero-order valence-corrected chi connectivity index (χ0v) is 24.4. The third kappa shape index (κ3) is 7.14. The summed E-state index contributed by atoms with van der Waals surface area (Å²) in [5.41, 5.74) is 0.823. The van der Waals surface area contributed by atoms with Gasteiger partial charge in [-0.3, -0.25) is 14.9 Å². The van der Waals surface area contributed by atoms with E-state index in [2.05, 4.69) is 10.6 Å². The first-order chi connectivity index (χ1) is 19.4. The Morgan fingerprint density at radius 2 is 1.71 bits per heavy atom. The van der Waals surface area contributed by atoms with E-state index in [4.69, 9.17) is 15.6 Å². The molecule has 5 amide bonds. The van der Waals surface area contributed by atoms with Crippen molar-refractivity contribution in [1.29, 1.82) is 10.8 Å². The zero-order chi connectivity index (χ0) is 30.3. The number of hydrogen-bond acceptors (Lipinski definition) is 10. The van der Waals surface area contributed by atoms with Gasteiger partial charge in [0.15, 0.2) is 0 Å². The summed E-state index contributed by atoms with van der Waals surface area (Å²) in [5.74, 6) is -1.33. The number of carbonyl (C=O) groups is 4. The quantitative estimate of drug-likeness (QED) is 0.298. The molecule has 1 aliphatic rings. The highest BCUT2D eigenvalue weighted by Gasteiger charge is 2.32. The number of sulfonamides is 1. The summed E-state index contributed by atoms with van der Waals surface area (Å²) in [5, 5.41) is 19.6. The summed E-state index contributed by atoms with van der Waals surface area (Å²) in [7, 11) is -1.06. The normalized spacial score (nSPS) is 12.7. The van der Waals surface area contributed by atoms with Gasteiger partial charge in [0.25, 0.3) is 11.8 Å². The number of nitrogens with one attached hydrogen (secondary N) is 4. The zero-order valence-electron chi connectivity index (χ0n) is 22.7. The molecule has 2 heterocycles. The molecule has 41 heavy (non-hydrogen) atoms. The maximum atomic E-state index is 13.2. The standard InChI is InChI=1S/C25H31N7O7S2/c1-4-39-25(36)31-12-9-18-19(15-31)40-23(20(18)22(34)29-24(35)30(2)3)28-21(33)16-5-7-17(8-6-16)41(37,38)32(13-10-26)14-11-27/h5-8,10-11,26-27H,4,9,12-15H2,1-3H3,(H,28,33)(H,29,34,35). The van der Waals surface area contributed by atoms with E-state index in [1.807, 2.05) is 0 Å². The number of fused-ring (bicyclic) bond motifs is 1. The summed E-state index contributed by atoms with van der Waals surface area (Å²) in [6.45, 7) is 1.92. The van der Waals surface area contributed by atoms with Crippen LogP contribution in [0.15, 0.2) is 29.2 Å². The van der Waals surface area contributed by atoms with Crippen molar-refractivity contribution in [3.63, 3.8) is 0 Å². The Kier molecular flexibility index (Phi) is 10.3. The minimum absolute atomic E-state index is 0.102. The summed E-state index contributed by atoms with van der Waals surface area (Å²) in [6.07, 6.45) is 1.62. The number of hydrogen-bond donors (Lipinski definition) is 4. The van der Waals surface area contributed by atoms with Gasteiger partial charge in [-0.15, -0.1) is 11.3 Å². The number of nitrogens with zero attached hydrogens (tertiary/aromatic N) is 3. The van der Waals surface area contributed by atoms with E-state index in [9.17, 15) is 27.6 Å². The predicted octanol–water partition coefficient (Wildman–Crippen LogP) is 2.22. The number of urea groups is 1. The Morgan fingerprint density at radius 1 is 1.07 bits per heavy atom. The summed E-state index contributed by atoms with van der Waals surface area (Å²) in [4.78, 5) is 54.0. The monoisotopic (exact) mass is 605 g/mol. The van der Waals surface area contributed by atoms with E-state index < -0.39 is 34.0 Å². The maximum Gasteiger partial charge on any atom is 0.410 e. The number of anilines is 1. The van der Waals surface area contributed by atoms with E-state index >= 15 is 0 Å². The fourth-order valence-corrected chi connectivity index (χ4v) is 6.53. The fourth-order valence-electron chi connectivity index (χ4n) is 3.95. The van der Waals surface area contributed by atoms with Crippen LogP contribution in [-0.2, 0) is 27.7 Å². The Labute approximate surface area is 241 Å². The molecule has 0 fully saturated rings. The van der Waals surface area contributed by atoms with Crippen LogP contribution in [-0.4, -0.2) is 99.2 Å². The van der Waals surface area contributed by atoms with Gasteiger partial charge in [-0.05, 0) is 43.2 Å². The minimum Gasteiger partial charge on any atom is -0.450 e. The number of carbonyl (C=O) groups excluding carboxylic acids is 4. The Hall–Kier alpha value is -4.15. The molecule has 16 heteroatoms. The van der Waals surface area contributed by atoms with Crippen LogP contribution in [0.4, 0.5) is 14.6 Å². The molecule has 3 rings (SSSR count). The number of rotatable bonds is 10. The van der Waals surface area contributed by atoms with E-state index in [1.165, 1.54) is 48.2 Å². The SMILES string of the molecule is CCOC(=O)N1CCc2c(sc(NC(=O)c3ccc(S(=O)(=O)N(CC=N)CC=N)cc3)c2C(=O)NC(=O)N(C)C)C1. The Morgan fingerprint density at radius 3 is 2.27 bits per heavy atom. The summed E-state index contributed by atoms with van der Waals surface area (Å²) in [6, 6.07) is 4.45. The van der Waals surface area contributed by atoms with Crippen LogP contribution in [0.25, 0.3) is 0 Å². The highest BCUT2D eigenvalue weighted by molar-refractivity contribution is 7.89. The van der Waals surface area contributed by atoms with E-state index in [0.717, 1.165) is 28.1 Å². The summed E-state index contributed by atoms with van der Waals surface area (Å²) < 4.78 is 31.8. The molecule has 0 saturated carbocycles. The van der Waals surface area contributed by atoms with E-state index in [1.54, 1.807) is 6.92 Å². The lowest BCUT2D eigenvalue weighted by Crippen LogP contribution is -2.40. The number of amides is 5. The lowest BCUT2D eigenvalue weighted by Gasteiger charge is -2.26. The number of thiophene rings is 1. The fraction of sp³-hybridized carbons (Fsp3) is 0.360. The van der Waals surface area contributed by atoms with Gasteiger partial charge in [0.05, 0.1) is 23.6 Å². The van der Waals surface area contributed by atoms with Gasteiger partial charge in [0.1, 0.15) is 5.00 Å². The van der Waals surface area contributed by atoms with Gasteiger partial charge in [0, 0.05) is 56.6 Å². The third-order valence-electron chi connectivity index (χ3n) is 6.01. The van der Waals surface area contributed by atoms with Crippen molar-refractivity contribution in [2.24, 2.45) is 0 Å². The first-order valence-electron chi connectivity index (χ1n) is 12.4. The smallest absolute Gasteiger partial charge is 0.410 e. The Bertz CT molecular complexity index is 1440. The molecule has 1 aromatic heterocycles. The van der Waals surface area contributed by atoms with Crippen molar-refractivity contribution in [2.75, 3.05) is 45.7 Å². The maximum absolute atomic E-state index is 13.2. The number of benzene rings is 1. The molecule has 1 aliphatic heterocycles. The van der Waals surface area contributed by atoms with Gasteiger partial charge in [-0.1, -0.05) is 0 Å². The van der Waals surface area contributed by atoms with Gasteiger partial charge < -0.3 is 30.7 Å². The number of ether oxygens (including phenoxy) is 1. The molecule has 0 unspecified atom stereocenters. The molecule has 14 nitrogen and oxygen atoms in total. The minimum atomic E-state index is -4.01. The molecule has 0 aliphatic carbocycles. The van der Waals surface area contributed by atoms with E-state index in [0.29, 0.717) is 16.9 Å². The van der Waals surface area contributed by atoms with Gasteiger partial charge >= 0.3 is 12.1 Å². The largest absolute Gasteiger partial charge is 0.450 e. The molecule has 2 aromatic rings. The van der Waals surface area contributed by atoms with Crippen LogP contribution in [0.1, 0.15) is 38.1 Å². The highest BCUT2D eigenvalue weighted by atomic mass is 32.2. The molecule has 0 saturated heterocycles. The topological polar surface area (TPSA) is 193 Å². The van der Waals surface area contributed by atoms with Crippen LogP contribution in [0.5, 0.6) is 0 Å². The average Bonchev–Trinajstić information content (AvgIpc) is 3.30. The second kappa shape index (κ2) is 13.5. The second-order valence-electron chi connectivity index (χ2n) is 8.94. The first kappa shape index (κ1) is 31.4. The van der Waals surface area contributed by atoms with Crippen LogP contribution in [0.2, 0.25) is 0 Å². The molecule has 0 atom stereocenters. The van der Waals surface area contributed by atoms with E-state index in [-0.39, 0.29) is 53.8 Å². The van der Waals surface area contributed by atoms with Crippen LogP contribution >= 0.6 is 11.3 Å². The van der Waals surface area contributed by atoms with Crippen molar-refractivity contribution in [1.82, 2.24) is 19.4 Å². The van der Waals surface area contributed by atoms with Crippen molar-refractivity contribution in [3.8, 4) is 0 Å². The van der Waals surface area contributed by atoms with Gasteiger partial charge in [-0.2, -0.15) is 4.31 Å².